The lowest BCUT2D eigenvalue weighted by Gasteiger charge is -2.17. The van der Waals surface area contributed by atoms with E-state index in [2.05, 4.69) is 6.58 Å². The fourth-order valence-corrected chi connectivity index (χ4v) is 3.10. The molecule has 0 aliphatic heterocycles. The topological polar surface area (TPSA) is 114 Å². The minimum absolute atomic E-state index is 0.209. The van der Waals surface area contributed by atoms with Crippen LogP contribution in [-0.4, -0.2) is 18.5 Å². The number of benzene rings is 2. The summed E-state index contributed by atoms with van der Waals surface area (Å²) in [6, 6.07) is 9.28. The number of imide groups is 1. The van der Waals surface area contributed by atoms with Crippen LogP contribution in [-0.2, 0) is 17.8 Å². The number of carbonyl (C=O) groups excluding carboxylic acids is 2. The van der Waals surface area contributed by atoms with Gasteiger partial charge in [0.2, 0.25) is 0 Å². The lowest BCUT2D eigenvalue weighted by Crippen LogP contribution is -2.35. The van der Waals surface area contributed by atoms with Gasteiger partial charge in [-0.05, 0) is 54.8 Å². The van der Waals surface area contributed by atoms with Gasteiger partial charge in [0.15, 0.2) is 11.5 Å². The highest BCUT2D eigenvalue weighted by molar-refractivity contribution is 6.42. The largest absolute Gasteiger partial charge is 0.490 e. The lowest BCUT2D eigenvalue weighted by molar-refractivity contribution is -0.115. The van der Waals surface area contributed by atoms with Gasteiger partial charge in [0.25, 0.3) is 5.91 Å². The van der Waals surface area contributed by atoms with Crippen molar-refractivity contribution in [2.75, 3.05) is 6.61 Å². The maximum absolute atomic E-state index is 12.0. The Kier molecular flexibility index (Phi) is 9.14. The molecule has 0 aliphatic rings. The fourth-order valence-electron chi connectivity index (χ4n) is 2.78. The van der Waals surface area contributed by atoms with Gasteiger partial charge in [-0.2, -0.15) is 5.26 Å². The van der Waals surface area contributed by atoms with Crippen molar-refractivity contribution >= 4 is 41.2 Å². The monoisotopic (exact) mass is 473 g/mol. The van der Waals surface area contributed by atoms with E-state index in [0.717, 1.165) is 11.1 Å². The van der Waals surface area contributed by atoms with E-state index in [4.69, 9.17) is 38.4 Å². The minimum atomic E-state index is -1.05. The van der Waals surface area contributed by atoms with Crippen LogP contribution in [0.25, 0.3) is 6.08 Å². The van der Waals surface area contributed by atoms with Gasteiger partial charge in [0.05, 0.1) is 16.7 Å². The Balaban J connectivity index is 2.45. The molecule has 3 amide bonds. The molecule has 3 N–H and O–H groups in total. The van der Waals surface area contributed by atoms with Crippen LogP contribution in [0.2, 0.25) is 10.0 Å². The van der Waals surface area contributed by atoms with Gasteiger partial charge in [-0.15, -0.1) is 6.58 Å². The molecule has 2 aromatic rings. The maximum atomic E-state index is 12.0. The zero-order valence-corrected chi connectivity index (χ0v) is 18.8. The van der Waals surface area contributed by atoms with Crippen LogP contribution >= 0.6 is 23.2 Å². The number of nitrogens with two attached hydrogens (primary N) is 1. The number of ether oxygens (including phenoxy) is 2. The van der Waals surface area contributed by atoms with Crippen molar-refractivity contribution in [2.45, 2.75) is 20.0 Å². The molecule has 0 fully saturated rings. The van der Waals surface area contributed by atoms with Crippen LogP contribution in [0.5, 0.6) is 11.5 Å². The molecule has 32 heavy (non-hydrogen) atoms. The summed E-state index contributed by atoms with van der Waals surface area (Å²) in [5, 5.41) is 12.0. The second kappa shape index (κ2) is 11.8. The molecule has 0 saturated carbocycles. The average Bonchev–Trinajstić information content (AvgIpc) is 2.73. The molecule has 0 saturated heterocycles. The van der Waals surface area contributed by atoms with Gasteiger partial charge in [0.1, 0.15) is 18.2 Å². The van der Waals surface area contributed by atoms with E-state index in [1.165, 1.54) is 6.08 Å². The summed E-state index contributed by atoms with van der Waals surface area (Å²) in [5.41, 5.74) is 6.70. The number of nitrogens with one attached hydrogen (secondary N) is 1. The van der Waals surface area contributed by atoms with Crippen LogP contribution in [0, 0.1) is 11.3 Å². The molecule has 0 heterocycles. The number of hydrogen-bond acceptors (Lipinski definition) is 5. The summed E-state index contributed by atoms with van der Waals surface area (Å²) < 4.78 is 11.8. The molecule has 0 bridgehead atoms. The zero-order valence-electron chi connectivity index (χ0n) is 17.3. The van der Waals surface area contributed by atoms with E-state index < -0.39 is 11.9 Å². The fraction of sp³-hybridized carbons (Fsp3) is 0.174. The quantitative estimate of drug-likeness (QED) is 0.308. The molecular formula is C23H21Cl2N3O4. The summed E-state index contributed by atoms with van der Waals surface area (Å²) in [4.78, 5) is 22.9. The SMILES string of the molecule is C=CCc1cc(/C=C(/C#N)C(=O)NC(N)=O)cc(OCC)c1OCc1ccc(Cl)c(Cl)c1. The van der Waals surface area contributed by atoms with Crippen molar-refractivity contribution in [1.29, 1.82) is 5.26 Å². The van der Waals surface area contributed by atoms with Gasteiger partial charge < -0.3 is 15.2 Å². The first kappa shape index (κ1) is 24.8. The van der Waals surface area contributed by atoms with Crippen molar-refractivity contribution in [3.63, 3.8) is 0 Å². The molecule has 0 unspecified atom stereocenters. The van der Waals surface area contributed by atoms with Crippen molar-refractivity contribution in [1.82, 2.24) is 5.32 Å². The van der Waals surface area contributed by atoms with Gasteiger partial charge in [-0.25, -0.2) is 4.79 Å². The van der Waals surface area contributed by atoms with Crippen LogP contribution in [0.4, 0.5) is 4.79 Å². The lowest BCUT2D eigenvalue weighted by atomic mass is 10.0. The number of rotatable bonds is 9. The predicted octanol–water partition coefficient (Wildman–Crippen LogP) is 4.80. The van der Waals surface area contributed by atoms with Crippen molar-refractivity contribution in [3.05, 3.63) is 75.3 Å². The van der Waals surface area contributed by atoms with Crippen molar-refractivity contribution < 1.29 is 19.1 Å². The molecular weight excluding hydrogens is 453 g/mol. The number of nitriles is 1. The van der Waals surface area contributed by atoms with Gasteiger partial charge in [-0.1, -0.05) is 35.3 Å². The van der Waals surface area contributed by atoms with E-state index in [9.17, 15) is 14.9 Å². The first-order valence-electron chi connectivity index (χ1n) is 9.48. The third-order valence-electron chi connectivity index (χ3n) is 4.10. The Hall–Kier alpha value is -3.47. The molecule has 7 nitrogen and oxygen atoms in total. The molecule has 0 radical (unpaired) electrons. The number of urea groups is 1. The van der Waals surface area contributed by atoms with Crippen LogP contribution in [0.3, 0.4) is 0 Å². The second-order valence-electron chi connectivity index (χ2n) is 6.46. The molecule has 2 rings (SSSR count). The Morgan fingerprint density at radius 2 is 1.97 bits per heavy atom. The summed E-state index contributed by atoms with van der Waals surface area (Å²) >= 11 is 12.0. The van der Waals surface area contributed by atoms with Gasteiger partial charge >= 0.3 is 6.03 Å². The van der Waals surface area contributed by atoms with Gasteiger partial charge in [-0.3, -0.25) is 10.1 Å². The number of amides is 3. The highest BCUT2D eigenvalue weighted by Crippen LogP contribution is 2.35. The molecule has 0 aromatic heterocycles. The number of hydrogen-bond donors (Lipinski definition) is 2. The van der Waals surface area contributed by atoms with E-state index >= 15 is 0 Å². The summed E-state index contributed by atoms with van der Waals surface area (Å²) in [6.45, 7) is 6.15. The third-order valence-corrected chi connectivity index (χ3v) is 4.84. The van der Waals surface area contributed by atoms with E-state index in [-0.39, 0.29) is 12.2 Å². The highest BCUT2D eigenvalue weighted by Gasteiger charge is 2.16. The predicted molar refractivity (Wildman–Crippen MR) is 124 cm³/mol. The summed E-state index contributed by atoms with van der Waals surface area (Å²) in [7, 11) is 0. The van der Waals surface area contributed by atoms with Crippen LogP contribution in [0.15, 0.2) is 48.6 Å². The van der Waals surface area contributed by atoms with E-state index in [0.29, 0.717) is 40.1 Å². The van der Waals surface area contributed by atoms with Crippen molar-refractivity contribution in [3.8, 4) is 17.6 Å². The standard InChI is InChI=1S/C23H21Cl2N3O4/c1-3-5-16-8-15(9-17(12-26)22(29)28-23(27)30)11-20(31-4-2)21(16)32-13-14-6-7-18(24)19(25)10-14/h3,6-11H,1,4-5,13H2,2H3,(H3,27,28,29,30)/b17-9-. The zero-order chi connectivity index (χ0) is 23.7. The molecule has 166 valence electrons. The van der Waals surface area contributed by atoms with Crippen LogP contribution < -0.4 is 20.5 Å². The first-order valence-corrected chi connectivity index (χ1v) is 10.2. The molecule has 9 heteroatoms. The smallest absolute Gasteiger partial charge is 0.319 e. The normalized spacial score (nSPS) is 10.8. The van der Waals surface area contributed by atoms with Crippen molar-refractivity contribution in [2.24, 2.45) is 5.73 Å². The highest BCUT2D eigenvalue weighted by atomic mass is 35.5. The summed E-state index contributed by atoms with van der Waals surface area (Å²) in [5.74, 6) is 0.0176. The Bertz CT molecular complexity index is 1110. The number of nitrogens with zero attached hydrogens (tertiary/aromatic N) is 1. The molecule has 0 aliphatic carbocycles. The minimum Gasteiger partial charge on any atom is -0.490 e. The maximum Gasteiger partial charge on any atom is 0.319 e. The van der Waals surface area contributed by atoms with Gasteiger partial charge in [0, 0.05) is 5.56 Å². The number of allylic oxidation sites excluding steroid dienone is 1. The third kappa shape index (κ3) is 6.77. The molecule has 0 atom stereocenters. The van der Waals surface area contributed by atoms with E-state index in [1.807, 2.05) is 12.2 Å². The number of carbonyl (C=O) groups is 2. The number of primary amides is 1. The Morgan fingerprint density at radius 3 is 2.56 bits per heavy atom. The molecule has 2 aromatic carbocycles. The summed E-state index contributed by atoms with van der Waals surface area (Å²) in [6.07, 6.45) is 3.46. The van der Waals surface area contributed by atoms with E-state index in [1.54, 1.807) is 42.5 Å². The second-order valence-corrected chi connectivity index (χ2v) is 7.27. The Labute approximate surface area is 196 Å². The van der Waals surface area contributed by atoms with Crippen LogP contribution in [0.1, 0.15) is 23.6 Å². The average molecular weight is 474 g/mol. The number of halogens is 2. The molecule has 0 spiro atoms. The first-order chi connectivity index (χ1) is 15.3. The Morgan fingerprint density at radius 1 is 1.22 bits per heavy atom.